The molecule has 0 aliphatic carbocycles. The largest absolute Gasteiger partial charge is 0.363 e. The molecule has 9 heteroatoms. The van der Waals surface area contributed by atoms with E-state index in [1.165, 1.54) is 17.3 Å². The summed E-state index contributed by atoms with van der Waals surface area (Å²) in [6.45, 7) is 6.65. The normalized spacial score (nSPS) is 16.2. The number of carbonyl (C=O) groups is 1. The van der Waals surface area contributed by atoms with Gasteiger partial charge in [-0.1, -0.05) is 26.0 Å². The molecule has 1 atom stereocenters. The zero-order valence-corrected chi connectivity index (χ0v) is 18.8. The summed E-state index contributed by atoms with van der Waals surface area (Å²) in [5.74, 6) is 0.121. The van der Waals surface area contributed by atoms with Crippen molar-refractivity contribution >= 4 is 27.2 Å². The number of hydrogen-bond donors (Lipinski definition) is 0. The van der Waals surface area contributed by atoms with Crippen LogP contribution in [0.25, 0.3) is 0 Å². The topological polar surface area (TPSA) is 101 Å². The van der Waals surface area contributed by atoms with Gasteiger partial charge in [-0.2, -0.15) is 4.31 Å². The van der Waals surface area contributed by atoms with Gasteiger partial charge in [-0.15, -0.1) is 0 Å². The van der Waals surface area contributed by atoms with Crippen molar-refractivity contribution in [3.63, 3.8) is 0 Å². The van der Waals surface area contributed by atoms with E-state index in [-0.39, 0.29) is 35.0 Å². The second kappa shape index (κ2) is 9.15. The number of sulfonamides is 1. The summed E-state index contributed by atoms with van der Waals surface area (Å²) < 4.78 is 27.5. The molecule has 0 aromatic heterocycles. The first-order valence-electron chi connectivity index (χ1n) is 10.3. The third-order valence-corrected chi connectivity index (χ3v) is 7.77. The number of benzene rings is 2. The maximum atomic E-state index is 13.0. The Morgan fingerprint density at radius 1 is 1.10 bits per heavy atom. The Bertz CT molecular complexity index is 1070. The van der Waals surface area contributed by atoms with Crippen molar-refractivity contribution in [3.8, 4) is 0 Å². The minimum absolute atomic E-state index is 0.148. The molecule has 0 spiro atoms. The predicted octanol–water partition coefficient (Wildman–Crippen LogP) is 3.82. The van der Waals surface area contributed by atoms with Gasteiger partial charge in [0.05, 0.1) is 9.82 Å². The number of ketones is 1. The second-order valence-corrected chi connectivity index (χ2v) is 9.72. The van der Waals surface area contributed by atoms with Crippen LogP contribution in [0.1, 0.15) is 49.0 Å². The fourth-order valence-electron chi connectivity index (χ4n) is 3.68. The molecule has 1 fully saturated rings. The first-order chi connectivity index (χ1) is 14.6. The Morgan fingerprint density at radius 2 is 1.71 bits per heavy atom. The van der Waals surface area contributed by atoms with Gasteiger partial charge in [-0.05, 0) is 49.1 Å². The smallest absolute Gasteiger partial charge is 0.293 e. The van der Waals surface area contributed by atoms with Crippen LogP contribution in [0, 0.1) is 10.1 Å². The molecular formula is C22H27N3O5S. The molecule has 0 radical (unpaired) electrons. The van der Waals surface area contributed by atoms with E-state index in [9.17, 15) is 23.3 Å². The van der Waals surface area contributed by atoms with E-state index >= 15 is 0 Å². The van der Waals surface area contributed by atoms with Gasteiger partial charge < -0.3 is 4.90 Å². The van der Waals surface area contributed by atoms with E-state index in [4.69, 9.17) is 0 Å². The molecule has 2 aromatic rings. The lowest BCUT2D eigenvalue weighted by atomic mass is 9.99. The minimum atomic E-state index is -3.63. The number of nitrogens with zero attached hydrogens (tertiary/aromatic N) is 3. The van der Waals surface area contributed by atoms with E-state index < -0.39 is 14.9 Å². The molecule has 0 saturated carbocycles. The summed E-state index contributed by atoms with van der Waals surface area (Å²) in [6.07, 6.45) is 0.980. The molecule has 0 amide bonds. The van der Waals surface area contributed by atoms with Gasteiger partial charge in [0.15, 0.2) is 5.78 Å². The van der Waals surface area contributed by atoms with Crippen LogP contribution in [0.5, 0.6) is 0 Å². The summed E-state index contributed by atoms with van der Waals surface area (Å²) in [5, 5.41) is 11.5. The van der Waals surface area contributed by atoms with Crippen molar-refractivity contribution in [2.75, 3.05) is 31.1 Å². The lowest BCUT2D eigenvalue weighted by Gasteiger charge is -2.35. The fraction of sp³-hybridized carbons (Fsp3) is 0.409. The van der Waals surface area contributed by atoms with Gasteiger partial charge in [0, 0.05) is 37.8 Å². The maximum absolute atomic E-state index is 13.0. The van der Waals surface area contributed by atoms with E-state index in [0.717, 1.165) is 12.0 Å². The molecule has 0 N–H and O–H groups in total. The Morgan fingerprint density at radius 3 is 2.23 bits per heavy atom. The highest BCUT2D eigenvalue weighted by Crippen LogP contribution is 2.31. The van der Waals surface area contributed by atoms with Crippen molar-refractivity contribution in [1.29, 1.82) is 0 Å². The molecule has 3 rings (SSSR count). The zero-order chi connectivity index (χ0) is 22.8. The van der Waals surface area contributed by atoms with Crippen LogP contribution < -0.4 is 4.90 Å². The van der Waals surface area contributed by atoms with Crippen LogP contribution in [0.3, 0.4) is 0 Å². The zero-order valence-electron chi connectivity index (χ0n) is 17.9. The monoisotopic (exact) mass is 445 g/mol. The molecule has 1 unspecified atom stereocenters. The lowest BCUT2D eigenvalue weighted by molar-refractivity contribution is -0.384. The average molecular weight is 446 g/mol. The van der Waals surface area contributed by atoms with Crippen molar-refractivity contribution < 1.29 is 18.1 Å². The van der Waals surface area contributed by atoms with Crippen molar-refractivity contribution in [2.24, 2.45) is 0 Å². The van der Waals surface area contributed by atoms with Crippen molar-refractivity contribution in [1.82, 2.24) is 4.31 Å². The number of carbonyl (C=O) groups excluding carboxylic acids is 1. The molecule has 1 aliphatic heterocycles. The van der Waals surface area contributed by atoms with Crippen molar-refractivity contribution in [3.05, 3.63) is 63.7 Å². The number of anilines is 1. The van der Waals surface area contributed by atoms with Crippen LogP contribution >= 0.6 is 0 Å². The van der Waals surface area contributed by atoms with Gasteiger partial charge in [0.1, 0.15) is 5.69 Å². The Labute approximate surface area is 182 Å². The van der Waals surface area contributed by atoms with Crippen LogP contribution in [0.2, 0.25) is 0 Å². The molecule has 8 nitrogen and oxygen atoms in total. The first-order valence-corrected chi connectivity index (χ1v) is 11.7. The van der Waals surface area contributed by atoms with E-state index in [1.54, 1.807) is 29.2 Å². The summed E-state index contributed by atoms with van der Waals surface area (Å²) in [7, 11) is -3.63. The Kier molecular flexibility index (Phi) is 6.76. The summed E-state index contributed by atoms with van der Waals surface area (Å²) in [5.41, 5.74) is 1.62. The van der Waals surface area contributed by atoms with Crippen LogP contribution in [-0.2, 0) is 10.0 Å². The lowest BCUT2D eigenvalue weighted by Crippen LogP contribution is -2.48. The summed E-state index contributed by atoms with van der Waals surface area (Å²) in [4.78, 5) is 24.6. The number of Topliss-reactive ketones (excluding diaryl/α,β-unsaturated/α-hetero) is 1. The molecule has 1 aliphatic rings. The highest BCUT2D eigenvalue weighted by atomic mass is 32.2. The van der Waals surface area contributed by atoms with Gasteiger partial charge in [0.25, 0.3) is 5.69 Å². The number of rotatable bonds is 7. The highest BCUT2D eigenvalue weighted by Gasteiger charge is 2.31. The molecule has 166 valence electrons. The van der Waals surface area contributed by atoms with E-state index in [2.05, 4.69) is 13.8 Å². The molecule has 1 heterocycles. The van der Waals surface area contributed by atoms with Crippen LogP contribution in [0.15, 0.2) is 47.4 Å². The third-order valence-electron chi connectivity index (χ3n) is 5.86. The number of piperazine rings is 1. The summed E-state index contributed by atoms with van der Waals surface area (Å²) >= 11 is 0. The average Bonchev–Trinajstić information content (AvgIpc) is 2.78. The van der Waals surface area contributed by atoms with Crippen LogP contribution in [0.4, 0.5) is 11.4 Å². The Hall–Kier alpha value is -2.78. The minimum Gasteiger partial charge on any atom is -0.363 e. The molecule has 31 heavy (non-hydrogen) atoms. The summed E-state index contributed by atoms with van der Waals surface area (Å²) in [6, 6.07) is 11.4. The Balaban J connectivity index is 1.76. The number of nitro groups is 1. The van der Waals surface area contributed by atoms with Crippen molar-refractivity contribution in [2.45, 2.75) is 38.0 Å². The third kappa shape index (κ3) is 4.77. The quantitative estimate of drug-likeness (QED) is 0.365. The van der Waals surface area contributed by atoms with Crippen LogP contribution in [-0.4, -0.2) is 49.6 Å². The second-order valence-electron chi connectivity index (χ2n) is 7.79. The standard InChI is InChI=1S/C22H27N3O5S/c1-4-16(2)18-5-8-20(9-6-18)31(29,30)24-13-11-23(12-14-24)21-10-7-19(17(3)26)15-22(21)25(27)28/h5-10,15-16H,4,11-14H2,1-3H3. The van der Waals surface area contributed by atoms with E-state index in [0.29, 0.717) is 24.7 Å². The highest BCUT2D eigenvalue weighted by molar-refractivity contribution is 7.89. The van der Waals surface area contributed by atoms with Gasteiger partial charge in [-0.3, -0.25) is 14.9 Å². The van der Waals surface area contributed by atoms with Gasteiger partial charge in [0.2, 0.25) is 10.0 Å². The molecule has 1 saturated heterocycles. The van der Waals surface area contributed by atoms with Gasteiger partial charge >= 0.3 is 0 Å². The maximum Gasteiger partial charge on any atom is 0.293 e. The molecule has 2 aromatic carbocycles. The number of nitro benzene ring substituents is 1. The number of hydrogen-bond acceptors (Lipinski definition) is 6. The van der Waals surface area contributed by atoms with E-state index in [1.807, 2.05) is 12.1 Å². The van der Waals surface area contributed by atoms with Gasteiger partial charge in [-0.25, -0.2) is 8.42 Å². The fourth-order valence-corrected chi connectivity index (χ4v) is 5.10. The predicted molar refractivity (Wildman–Crippen MR) is 119 cm³/mol. The first kappa shape index (κ1) is 22.9. The molecular weight excluding hydrogens is 418 g/mol. The SMILES string of the molecule is CCC(C)c1ccc(S(=O)(=O)N2CCN(c3ccc(C(C)=O)cc3[N+](=O)[O-])CC2)cc1. The molecule has 0 bridgehead atoms.